The summed E-state index contributed by atoms with van der Waals surface area (Å²) in [5.74, 6) is 0.353. The average molecular weight is 533 g/mol. The zero-order chi connectivity index (χ0) is 26.4. The topological polar surface area (TPSA) is 102 Å². The first kappa shape index (κ1) is 26.3. The van der Waals surface area contributed by atoms with Crippen molar-refractivity contribution < 1.29 is 9.59 Å². The predicted octanol–water partition coefficient (Wildman–Crippen LogP) is 5.43. The number of carbonyl (C=O) groups excluding carboxylic acids is 2. The first-order chi connectivity index (χ1) is 17.9. The molecule has 8 nitrogen and oxygen atoms in total. The average Bonchev–Trinajstić information content (AvgIpc) is 3.46. The molecule has 2 heterocycles. The lowest BCUT2D eigenvalue weighted by Crippen LogP contribution is -2.28. The highest BCUT2D eigenvalue weighted by Crippen LogP contribution is 2.30. The van der Waals surface area contributed by atoms with Crippen LogP contribution in [0.3, 0.4) is 0 Å². The number of nitrogens with zero attached hydrogens (tertiary/aromatic N) is 4. The van der Waals surface area contributed by atoms with Crippen LogP contribution in [0.25, 0.3) is 11.3 Å². The van der Waals surface area contributed by atoms with Gasteiger partial charge in [0, 0.05) is 22.5 Å². The Morgan fingerprint density at radius 3 is 2.65 bits per heavy atom. The van der Waals surface area contributed by atoms with Gasteiger partial charge in [-0.15, -0.1) is 28.1 Å². The largest absolute Gasteiger partial charge is 0.342 e. The van der Waals surface area contributed by atoms with Crippen molar-refractivity contribution in [3.8, 4) is 11.3 Å². The number of allylic oxidation sites excluding steroid dienone is 1. The number of aryl methyl sites for hydroxylation is 2. The number of hydrogen-bond acceptors (Lipinski definition) is 7. The van der Waals surface area contributed by atoms with Gasteiger partial charge in [0.25, 0.3) is 5.91 Å². The van der Waals surface area contributed by atoms with Gasteiger partial charge in [-0.1, -0.05) is 65.9 Å². The summed E-state index contributed by atoms with van der Waals surface area (Å²) in [5.41, 5.74) is 3.47. The first-order valence-electron chi connectivity index (χ1n) is 11.7. The van der Waals surface area contributed by atoms with E-state index < -0.39 is 6.04 Å². The second kappa shape index (κ2) is 12.0. The van der Waals surface area contributed by atoms with E-state index in [1.165, 1.54) is 23.1 Å². The highest BCUT2D eigenvalue weighted by molar-refractivity contribution is 7.99. The standard InChI is InChI=1S/C27H28N6O2S2/c1-5-14-33-24(18(3)28-25(35)21-13-9-10-17(2)15-21)31-32-27(33)36-16-22(34)29-26-30-23(19(4)37-26)20-11-7-6-8-12-20/h5-13,15,18H,1,14,16H2,2-4H3,(H,28,35)(H,29,30,34)/t18-/m1/s1. The lowest BCUT2D eigenvalue weighted by atomic mass is 10.1. The van der Waals surface area contributed by atoms with Crippen molar-refractivity contribution in [2.24, 2.45) is 0 Å². The summed E-state index contributed by atoms with van der Waals surface area (Å²) in [6.07, 6.45) is 1.73. The minimum atomic E-state index is -0.390. The Bertz CT molecular complexity index is 1410. The minimum Gasteiger partial charge on any atom is -0.342 e. The van der Waals surface area contributed by atoms with Crippen molar-refractivity contribution in [1.82, 2.24) is 25.1 Å². The van der Waals surface area contributed by atoms with Gasteiger partial charge < -0.3 is 15.2 Å². The fourth-order valence-electron chi connectivity index (χ4n) is 3.76. The molecule has 2 N–H and O–H groups in total. The van der Waals surface area contributed by atoms with Gasteiger partial charge in [0.1, 0.15) is 0 Å². The van der Waals surface area contributed by atoms with Crippen LogP contribution in [-0.4, -0.2) is 37.3 Å². The van der Waals surface area contributed by atoms with Crippen LogP contribution in [0.15, 0.2) is 72.4 Å². The van der Waals surface area contributed by atoms with Gasteiger partial charge in [-0.3, -0.25) is 9.59 Å². The van der Waals surface area contributed by atoms with E-state index in [1.807, 2.05) is 73.9 Å². The summed E-state index contributed by atoms with van der Waals surface area (Å²) in [6.45, 7) is 10.1. The predicted molar refractivity (Wildman–Crippen MR) is 149 cm³/mol. The molecule has 4 aromatic rings. The number of amides is 2. The van der Waals surface area contributed by atoms with E-state index in [9.17, 15) is 9.59 Å². The van der Waals surface area contributed by atoms with Crippen molar-refractivity contribution in [3.05, 3.63) is 89.1 Å². The molecule has 0 aliphatic heterocycles. The third kappa shape index (κ3) is 6.52. The van der Waals surface area contributed by atoms with Crippen LogP contribution >= 0.6 is 23.1 Å². The van der Waals surface area contributed by atoms with Crippen LogP contribution in [-0.2, 0) is 11.3 Å². The number of benzene rings is 2. The monoisotopic (exact) mass is 532 g/mol. The number of thioether (sulfide) groups is 1. The van der Waals surface area contributed by atoms with Crippen molar-refractivity contribution in [2.45, 2.75) is 38.5 Å². The fourth-order valence-corrected chi connectivity index (χ4v) is 5.36. The molecule has 2 aromatic carbocycles. The van der Waals surface area contributed by atoms with Crippen LogP contribution in [0.4, 0.5) is 5.13 Å². The molecule has 2 amide bonds. The maximum Gasteiger partial charge on any atom is 0.251 e. The molecule has 4 rings (SSSR count). The summed E-state index contributed by atoms with van der Waals surface area (Å²) in [4.78, 5) is 31.0. The van der Waals surface area contributed by atoms with Crippen LogP contribution in [0.5, 0.6) is 0 Å². The van der Waals surface area contributed by atoms with Crippen molar-refractivity contribution >= 4 is 40.0 Å². The maximum absolute atomic E-state index is 12.7. The van der Waals surface area contributed by atoms with E-state index in [4.69, 9.17) is 0 Å². The second-order valence-electron chi connectivity index (χ2n) is 8.43. The van der Waals surface area contributed by atoms with Gasteiger partial charge in [0.2, 0.25) is 5.91 Å². The van der Waals surface area contributed by atoms with E-state index in [1.54, 1.807) is 12.1 Å². The molecule has 0 spiro atoms. The number of thiazole rings is 1. The number of carbonyl (C=O) groups is 2. The molecule has 2 aromatic heterocycles. The summed E-state index contributed by atoms with van der Waals surface area (Å²) >= 11 is 2.72. The number of nitrogens with one attached hydrogen (secondary N) is 2. The number of hydrogen-bond donors (Lipinski definition) is 2. The highest BCUT2D eigenvalue weighted by atomic mass is 32.2. The first-order valence-corrected chi connectivity index (χ1v) is 13.5. The smallest absolute Gasteiger partial charge is 0.251 e. The van der Waals surface area contributed by atoms with Crippen LogP contribution < -0.4 is 10.6 Å². The summed E-state index contributed by atoms with van der Waals surface area (Å²) in [5, 5.41) is 15.6. The summed E-state index contributed by atoms with van der Waals surface area (Å²) < 4.78 is 1.85. The Balaban J connectivity index is 1.40. The Kier molecular flexibility index (Phi) is 8.52. The fraction of sp³-hybridized carbons (Fsp3) is 0.222. The molecule has 0 unspecified atom stereocenters. The third-order valence-corrected chi connectivity index (χ3v) is 7.35. The van der Waals surface area contributed by atoms with Gasteiger partial charge in [0.05, 0.1) is 17.5 Å². The van der Waals surface area contributed by atoms with E-state index in [0.29, 0.717) is 28.2 Å². The van der Waals surface area contributed by atoms with Gasteiger partial charge in [-0.25, -0.2) is 4.98 Å². The molecule has 10 heteroatoms. The quantitative estimate of drug-likeness (QED) is 0.209. The Morgan fingerprint density at radius 1 is 1.14 bits per heavy atom. The second-order valence-corrected chi connectivity index (χ2v) is 10.6. The highest BCUT2D eigenvalue weighted by Gasteiger charge is 2.21. The zero-order valence-electron chi connectivity index (χ0n) is 20.9. The van der Waals surface area contributed by atoms with Crippen molar-refractivity contribution in [1.29, 1.82) is 0 Å². The third-order valence-electron chi connectivity index (χ3n) is 5.49. The van der Waals surface area contributed by atoms with Crippen molar-refractivity contribution in [2.75, 3.05) is 11.1 Å². The van der Waals surface area contributed by atoms with Crippen molar-refractivity contribution in [3.63, 3.8) is 0 Å². The van der Waals surface area contributed by atoms with E-state index >= 15 is 0 Å². The van der Waals surface area contributed by atoms with Crippen LogP contribution in [0.2, 0.25) is 0 Å². The van der Waals surface area contributed by atoms with Gasteiger partial charge >= 0.3 is 0 Å². The minimum absolute atomic E-state index is 0.138. The number of anilines is 1. The lowest BCUT2D eigenvalue weighted by Gasteiger charge is -2.15. The zero-order valence-corrected chi connectivity index (χ0v) is 22.5. The van der Waals surface area contributed by atoms with Gasteiger partial charge in [0.15, 0.2) is 16.1 Å². The molecule has 0 aliphatic rings. The molecule has 0 radical (unpaired) electrons. The number of aromatic nitrogens is 4. The summed E-state index contributed by atoms with van der Waals surface area (Å²) in [7, 11) is 0. The van der Waals surface area contributed by atoms with E-state index in [2.05, 4.69) is 32.4 Å². The normalized spacial score (nSPS) is 11.6. The summed E-state index contributed by atoms with van der Waals surface area (Å²) in [6, 6.07) is 16.9. The Morgan fingerprint density at radius 2 is 1.92 bits per heavy atom. The Labute approximate surface area is 224 Å². The lowest BCUT2D eigenvalue weighted by molar-refractivity contribution is -0.113. The Hall–Kier alpha value is -3.76. The molecule has 37 heavy (non-hydrogen) atoms. The molecule has 0 fully saturated rings. The SMILES string of the molecule is C=CCn1c(SCC(=O)Nc2nc(-c3ccccc3)c(C)s2)nnc1[C@@H](C)NC(=O)c1cccc(C)c1. The van der Waals surface area contributed by atoms with Crippen LogP contribution in [0.1, 0.15) is 39.6 Å². The van der Waals surface area contributed by atoms with E-state index in [0.717, 1.165) is 21.7 Å². The van der Waals surface area contributed by atoms with Crippen LogP contribution in [0, 0.1) is 13.8 Å². The molecule has 0 bridgehead atoms. The molecule has 0 aliphatic carbocycles. The molecule has 1 atom stereocenters. The van der Waals surface area contributed by atoms with E-state index in [-0.39, 0.29) is 17.6 Å². The molecule has 0 saturated carbocycles. The maximum atomic E-state index is 12.7. The van der Waals surface area contributed by atoms with Gasteiger partial charge in [-0.05, 0) is 32.9 Å². The molecule has 0 saturated heterocycles. The number of rotatable bonds is 10. The van der Waals surface area contributed by atoms with Gasteiger partial charge in [-0.2, -0.15) is 0 Å². The molecule has 190 valence electrons. The molecular weight excluding hydrogens is 504 g/mol. The molecular formula is C27H28N6O2S2.